The van der Waals surface area contributed by atoms with Crippen LogP contribution in [0, 0.1) is 0 Å². The van der Waals surface area contributed by atoms with Crippen molar-refractivity contribution in [2.24, 2.45) is 0 Å². The Balaban J connectivity index is 0.00000116. The Morgan fingerprint density at radius 2 is 1.64 bits per heavy atom. The van der Waals surface area contributed by atoms with Crippen molar-refractivity contribution in [2.75, 3.05) is 14.2 Å². The average Bonchev–Trinajstić information content (AvgIpc) is 2.57. The van der Waals surface area contributed by atoms with E-state index in [9.17, 15) is 0 Å². The van der Waals surface area contributed by atoms with Gasteiger partial charge in [-0.05, 0) is 58.4 Å². The first-order valence-electron chi connectivity index (χ1n) is 7.41. The van der Waals surface area contributed by atoms with E-state index < -0.39 is 0 Å². The van der Waals surface area contributed by atoms with Gasteiger partial charge in [0, 0.05) is 6.54 Å². The van der Waals surface area contributed by atoms with Crippen LogP contribution >= 0.6 is 15.9 Å². The van der Waals surface area contributed by atoms with Gasteiger partial charge in [0.15, 0.2) is 0 Å². The van der Waals surface area contributed by atoms with Gasteiger partial charge in [-0.15, -0.1) is 0 Å². The number of rotatable bonds is 6. The summed E-state index contributed by atoms with van der Waals surface area (Å²) in [6, 6.07) is 14.0. The van der Waals surface area contributed by atoms with Gasteiger partial charge in [-0.1, -0.05) is 32.0 Å². The lowest BCUT2D eigenvalue weighted by atomic mass is 10.2. The maximum absolute atomic E-state index is 5.82. The summed E-state index contributed by atoms with van der Waals surface area (Å²) < 4.78 is 11.9. The Morgan fingerprint density at radius 1 is 1.00 bits per heavy atom. The van der Waals surface area contributed by atoms with Crippen molar-refractivity contribution in [1.82, 2.24) is 5.32 Å². The molecule has 0 aliphatic heterocycles. The second kappa shape index (κ2) is 10.2. The van der Waals surface area contributed by atoms with Crippen molar-refractivity contribution < 1.29 is 9.47 Å². The normalized spacial score (nSPS) is 9.68. The van der Waals surface area contributed by atoms with Gasteiger partial charge in [-0.2, -0.15) is 0 Å². The molecule has 0 aliphatic carbocycles. The molecule has 0 spiro atoms. The molecule has 0 heterocycles. The van der Waals surface area contributed by atoms with Gasteiger partial charge >= 0.3 is 0 Å². The van der Waals surface area contributed by atoms with E-state index in [-0.39, 0.29) is 0 Å². The van der Waals surface area contributed by atoms with Crippen LogP contribution in [0.2, 0.25) is 0 Å². The Labute approximate surface area is 141 Å². The average molecular weight is 366 g/mol. The highest BCUT2D eigenvalue weighted by atomic mass is 79.9. The molecule has 2 aromatic carbocycles. The van der Waals surface area contributed by atoms with Gasteiger partial charge in [0.25, 0.3) is 0 Å². The molecule has 0 radical (unpaired) electrons. The van der Waals surface area contributed by atoms with E-state index in [1.54, 1.807) is 7.11 Å². The van der Waals surface area contributed by atoms with Gasteiger partial charge in [-0.25, -0.2) is 0 Å². The van der Waals surface area contributed by atoms with Gasteiger partial charge < -0.3 is 14.8 Å². The summed E-state index contributed by atoms with van der Waals surface area (Å²) in [5.41, 5.74) is 2.33. The fourth-order valence-corrected chi connectivity index (χ4v) is 2.40. The molecule has 0 saturated carbocycles. The van der Waals surface area contributed by atoms with Gasteiger partial charge in [0.2, 0.25) is 0 Å². The summed E-state index contributed by atoms with van der Waals surface area (Å²) in [6.07, 6.45) is 0. The second-order valence-corrected chi connectivity index (χ2v) is 5.29. The number of methoxy groups -OCH3 is 1. The first kappa shape index (κ1) is 18.5. The Kier molecular flexibility index (Phi) is 8.63. The molecule has 0 aliphatic rings. The van der Waals surface area contributed by atoms with Crippen LogP contribution in [0.5, 0.6) is 11.5 Å². The molecule has 120 valence electrons. The van der Waals surface area contributed by atoms with Crippen LogP contribution in [0.4, 0.5) is 0 Å². The smallest absolute Gasteiger partial charge is 0.134 e. The molecule has 0 bridgehead atoms. The highest BCUT2D eigenvalue weighted by molar-refractivity contribution is 9.10. The van der Waals surface area contributed by atoms with E-state index in [0.29, 0.717) is 6.61 Å². The van der Waals surface area contributed by atoms with E-state index in [1.807, 2.05) is 51.2 Å². The van der Waals surface area contributed by atoms with Crippen molar-refractivity contribution in [3.63, 3.8) is 0 Å². The summed E-state index contributed by atoms with van der Waals surface area (Å²) in [4.78, 5) is 0. The SMILES string of the molecule is CC.CNCc1ccc(OCc2ccc(OC)cc2)c(Br)c1. The minimum absolute atomic E-state index is 0.536. The molecular formula is C18H24BrNO2. The fraction of sp³-hybridized carbons (Fsp3) is 0.333. The zero-order valence-electron chi connectivity index (χ0n) is 13.7. The molecule has 0 unspecified atom stereocenters. The Morgan fingerprint density at radius 3 is 2.18 bits per heavy atom. The molecule has 2 rings (SSSR count). The molecule has 0 fully saturated rings. The number of benzene rings is 2. The van der Waals surface area contributed by atoms with Crippen molar-refractivity contribution in [1.29, 1.82) is 0 Å². The zero-order chi connectivity index (χ0) is 16.4. The van der Waals surface area contributed by atoms with E-state index in [2.05, 4.69) is 33.4 Å². The maximum Gasteiger partial charge on any atom is 0.134 e. The highest BCUT2D eigenvalue weighted by Gasteiger charge is 2.03. The summed E-state index contributed by atoms with van der Waals surface area (Å²) in [5.74, 6) is 1.70. The van der Waals surface area contributed by atoms with Crippen LogP contribution in [0.15, 0.2) is 46.9 Å². The van der Waals surface area contributed by atoms with Crippen LogP contribution in [0.25, 0.3) is 0 Å². The fourth-order valence-electron chi connectivity index (χ4n) is 1.86. The molecule has 0 saturated heterocycles. The van der Waals surface area contributed by atoms with Gasteiger partial charge in [-0.3, -0.25) is 0 Å². The summed E-state index contributed by atoms with van der Waals surface area (Å²) in [6.45, 7) is 5.38. The van der Waals surface area contributed by atoms with Crippen LogP contribution in [-0.2, 0) is 13.2 Å². The van der Waals surface area contributed by atoms with Crippen LogP contribution in [0.3, 0.4) is 0 Å². The number of hydrogen-bond acceptors (Lipinski definition) is 3. The van der Waals surface area contributed by atoms with Crippen LogP contribution in [0.1, 0.15) is 25.0 Å². The number of nitrogens with one attached hydrogen (secondary N) is 1. The minimum atomic E-state index is 0.536. The largest absolute Gasteiger partial charge is 0.497 e. The van der Waals surface area contributed by atoms with Gasteiger partial charge in [0.1, 0.15) is 18.1 Å². The third-order valence-corrected chi connectivity index (χ3v) is 3.55. The first-order chi connectivity index (χ1) is 10.7. The summed E-state index contributed by atoms with van der Waals surface area (Å²) in [7, 11) is 3.59. The standard InChI is InChI=1S/C16H18BrNO2.C2H6/c1-18-10-13-5-8-16(15(17)9-13)20-11-12-3-6-14(19-2)7-4-12;1-2/h3-9,18H,10-11H2,1-2H3;1-2H3. The Hall–Kier alpha value is -1.52. The van der Waals surface area contributed by atoms with Crippen molar-refractivity contribution in [3.8, 4) is 11.5 Å². The topological polar surface area (TPSA) is 30.5 Å². The van der Waals surface area contributed by atoms with Crippen molar-refractivity contribution in [3.05, 3.63) is 58.1 Å². The lowest BCUT2D eigenvalue weighted by molar-refractivity contribution is 0.304. The molecule has 0 amide bonds. The summed E-state index contributed by atoms with van der Waals surface area (Å²) in [5, 5.41) is 3.13. The third-order valence-electron chi connectivity index (χ3n) is 2.93. The van der Waals surface area contributed by atoms with Gasteiger partial charge in [0.05, 0.1) is 11.6 Å². The zero-order valence-corrected chi connectivity index (χ0v) is 15.2. The van der Waals surface area contributed by atoms with E-state index in [1.165, 1.54) is 5.56 Å². The molecule has 0 aromatic heterocycles. The molecule has 4 heteroatoms. The van der Waals surface area contributed by atoms with E-state index in [0.717, 1.165) is 28.1 Å². The monoisotopic (exact) mass is 365 g/mol. The number of ether oxygens (including phenoxy) is 2. The van der Waals surface area contributed by atoms with E-state index in [4.69, 9.17) is 9.47 Å². The van der Waals surface area contributed by atoms with Crippen LogP contribution < -0.4 is 14.8 Å². The molecular weight excluding hydrogens is 342 g/mol. The lowest BCUT2D eigenvalue weighted by Gasteiger charge is -2.10. The van der Waals surface area contributed by atoms with E-state index >= 15 is 0 Å². The summed E-state index contributed by atoms with van der Waals surface area (Å²) >= 11 is 3.54. The molecule has 1 N–H and O–H groups in total. The highest BCUT2D eigenvalue weighted by Crippen LogP contribution is 2.27. The molecule has 2 aromatic rings. The predicted molar refractivity (Wildman–Crippen MR) is 95.6 cm³/mol. The van der Waals surface area contributed by atoms with Crippen molar-refractivity contribution in [2.45, 2.75) is 27.0 Å². The first-order valence-corrected chi connectivity index (χ1v) is 8.21. The molecule has 22 heavy (non-hydrogen) atoms. The molecule has 0 atom stereocenters. The number of halogens is 1. The second-order valence-electron chi connectivity index (χ2n) is 4.43. The molecule has 3 nitrogen and oxygen atoms in total. The number of hydrogen-bond donors (Lipinski definition) is 1. The maximum atomic E-state index is 5.82. The Bertz CT molecular complexity index is 556. The van der Waals surface area contributed by atoms with Crippen molar-refractivity contribution >= 4 is 15.9 Å². The third kappa shape index (κ3) is 5.70. The van der Waals surface area contributed by atoms with Crippen LogP contribution in [-0.4, -0.2) is 14.2 Å². The predicted octanol–water partition coefficient (Wildman–Crippen LogP) is 4.78. The quantitative estimate of drug-likeness (QED) is 0.798. The minimum Gasteiger partial charge on any atom is -0.497 e. The lowest BCUT2D eigenvalue weighted by Crippen LogP contribution is -2.05.